The van der Waals surface area contributed by atoms with Crippen molar-refractivity contribution in [2.45, 2.75) is 38.4 Å². The highest BCUT2D eigenvalue weighted by molar-refractivity contribution is 5.45. The average molecular weight is 233 g/mol. The standard InChI is InChI=1S/C10H19NO5/c1-6-8(13)7(2)16-10(9(6)14)15-4-3-11-5-12/h5-10,13-14H,3-4H2,1-2H3,(H,11,12)/t6-,7+,8+,9+,10-/m1/s1. The van der Waals surface area contributed by atoms with Crippen molar-refractivity contribution in [3.05, 3.63) is 0 Å². The minimum absolute atomic E-state index is 0.260. The van der Waals surface area contributed by atoms with E-state index in [0.717, 1.165) is 0 Å². The Bertz CT molecular complexity index is 225. The topological polar surface area (TPSA) is 88.0 Å². The Kier molecular flexibility index (Phi) is 5.14. The Morgan fingerprint density at radius 2 is 2.06 bits per heavy atom. The second-order valence-corrected chi connectivity index (χ2v) is 3.99. The van der Waals surface area contributed by atoms with Crippen LogP contribution < -0.4 is 5.32 Å². The number of nitrogens with one attached hydrogen (secondary N) is 1. The van der Waals surface area contributed by atoms with Crippen LogP contribution >= 0.6 is 0 Å². The molecular weight excluding hydrogens is 214 g/mol. The van der Waals surface area contributed by atoms with E-state index in [1.54, 1.807) is 13.8 Å². The molecule has 1 amide bonds. The van der Waals surface area contributed by atoms with Crippen LogP contribution in [0.5, 0.6) is 0 Å². The predicted molar refractivity (Wildman–Crippen MR) is 55.5 cm³/mol. The van der Waals surface area contributed by atoms with E-state index < -0.39 is 18.5 Å². The van der Waals surface area contributed by atoms with E-state index in [1.165, 1.54) is 0 Å². The quantitative estimate of drug-likeness (QED) is 0.412. The zero-order chi connectivity index (χ0) is 12.1. The highest BCUT2D eigenvalue weighted by Crippen LogP contribution is 2.26. The van der Waals surface area contributed by atoms with E-state index in [2.05, 4.69) is 5.32 Å². The lowest BCUT2D eigenvalue weighted by molar-refractivity contribution is -0.278. The van der Waals surface area contributed by atoms with Crippen LogP contribution in [-0.4, -0.2) is 54.4 Å². The highest BCUT2D eigenvalue weighted by atomic mass is 16.7. The van der Waals surface area contributed by atoms with Gasteiger partial charge in [-0.25, -0.2) is 0 Å². The van der Waals surface area contributed by atoms with Crippen molar-refractivity contribution in [1.82, 2.24) is 5.32 Å². The number of hydrogen-bond donors (Lipinski definition) is 3. The van der Waals surface area contributed by atoms with Crippen LogP contribution in [0.25, 0.3) is 0 Å². The zero-order valence-corrected chi connectivity index (χ0v) is 9.50. The van der Waals surface area contributed by atoms with E-state index >= 15 is 0 Å². The summed E-state index contributed by atoms with van der Waals surface area (Å²) in [7, 11) is 0. The molecule has 3 N–H and O–H groups in total. The van der Waals surface area contributed by atoms with E-state index in [1.807, 2.05) is 0 Å². The molecule has 0 unspecified atom stereocenters. The van der Waals surface area contributed by atoms with Crippen LogP contribution in [0.3, 0.4) is 0 Å². The molecule has 0 bridgehead atoms. The van der Waals surface area contributed by atoms with Crippen LogP contribution in [0.2, 0.25) is 0 Å². The van der Waals surface area contributed by atoms with Crippen molar-refractivity contribution in [3.63, 3.8) is 0 Å². The van der Waals surface area contributed by atoms with Crippen LogP contribution in [-0.2, 0) is 14.3 Å². The molecule has 1 aliphatic rings. The molecule has 1 heterocycles. The number of carbonyl (C=O) groups is 1. The second kappa shape index (κ2) is 6.15. The van der Waals surface area contributed by atoms with Gasteiger partial charge in [-0.1, -0.05) is 6.92 Å². The van der Waals surface area contributed by atoms with E-state index in [9.17, 15) is 15.0 Å². The first-order valence-corrected chi connectivity index (χ1v) is 5.38. The van der Waals surface area contributed by atoms with Gasteiger partial charge in [0.1, 0.15) is 6.10 Å². The first-order valence-electron chi connectivity index (χ1n) is 5.38. The largest absolute Gasteiger partial charge is 0.390 e. The first-order chi connectivity index (χ1) is 7.57. The van der Waals surface area contributed by atoms with Crippen LogP contribution in [0.15, 0.2) is 0 Å². The molecule has 16 heavy (non-hydrogen) atoms. The summed E-state index contributed by atoms with van der Waals surface area (Å²) in [6.45, 7) is 4.10. The van der Waals surface area contributed by atoms with Crippen molar-refractivity contribution in [3.8, 4) is 0 Å². The summed E-state index contributed by atoms with van der Waals surface area (Å²) in [5.41, 5.74) is 0. The molecular formula is C10H19NO5. The van der Waals surface area contributed by atoms with Crippen molar-refractivity contribution in [2.24, 2.45) is 5.92 Å². The molecule has 1 fully saturated rings. The molecule has 0 radical (unpaired) electrons. The molecule has 1 aliphatic heterocycles. The lowest BCUT2D eigenvalue weighted by atomic mass is 9.91. The first kappa shape index (κ1) is 13.4. The van der Waals surface area contributed by atoms with Crippen molar-refractivity contribution >= 4 is 6.41 Å². The van der Waals surface area contributed by atoms with E-state index in [-0.39, 0.29) is 18.6 Å². The summed E-state index contributed by atoms with van der Waals surface area (Å²) in [5.74, 6) is -0.298. The molecule has 6 nitrogen and oxygen atoms in total. The van der Waals surface area contributed by atoms with Crippen LogP contribution in [0.4, 0.5) is 0 Å². The SMILES string of the molecule is C[C@H]1[C@H](O)[C@H](OCCNC=O)O[C@@H](C)[C@H]1O. The summed E-state index contributed by atoms with van der Waals surface area (Å²) in [5, 5.41) is 21.9. The molecule has 1 rings (SSSR count). The molecule has 0 spiro atoms. The molecule has 0 aliphatic carbocycles. The molecule has 0 aromatic heterocycles. The fourth-order valence-electron chi connectivity index (χ4n) is 1.68. The lowest BCUT2D eigenvalue weighted by Crippen LogP contribution is -2.53. The van der Waals surface area contributed by atoms with E-state index in [0.29, 0.717) is 13.0 Å². The number of amides is 1. The Balaban J connectivity index is 2.38. The monoisotopic (exact) mass is 233 g/mol. The summed E-state index contributed by atoms with van der Waals surface area (Å²) in [6.07, 6.45) is -2.09. The molecule has 1 saturated heterocycles. The van der Waals surface area contributed by atoms with Gasteiger partial charge < -0.3 is 25.0 Å². The van der Waals surface area contributed by atoms with Crippen molar-refractivity contribution in [1.29, 1.82) is 0 Å². The molecule has 0 aromatic rings. The number of ether oxygens (including phenoxy) is 2. The number of rotatable bonds is 5. The Morgan fingerprint density at radius 3 is 2.69 bits per heavy atom. The summed E-state index contributed by atoms with van der Waals surface area (Å²) in [6, 6.07) is 0. The van der Waals surface area contributed by atoms with Crippen molar-refractivity contribution < 1.29 is 24.5 Å². The van der Waals surface area contributed by atoms with Gasteiger partial charge in [0.05, 0.1) is 18.8 Å². The van der Waals surface area contributed by atoms with Gasteiger partial charge in [0.15, 0.2) is 6.29 Å². The number of aliphatic hydroxyl groups is 2. The minimum Gasteiger partial charge on any atom is -0.390 e. The maximum Gasteiger partial charge on any atom is 0.207 e. The number of carbonyl (C=O) groups excluding carboxylic acids is 1. The average Bonchev–Trinajstić information content (AvgIpc) is 2.28. The third kappa shape index (κ3) is 3.15. The summed E-state index contributed by atoms with van der Waals surface area (Å²) in [4.78, 5) is 9.99. The predicted octanol–water partition coefficient (Wildman–Crippen LogP) is -1.15. The molecule has 5 atom stereocenters. The van der Waals surface area contributed by atoms with E-state index in [4.69, 9.17) is 9.47 Å². The molecule has 94 valence electrons. The van der Waals surface area contributed by atoms with Gasteiger partial charge in [0, 0.05) is 12.5 Å². The van der Waals surface area contributed by atoms with Gasteiger partial charge in [-0.3, -0.25) is 4.79 Å². The minimum atomic E-state index is -0.859. The Hall–Kier alpha value is -0.690. The van der Waals surface area contributed by atoms with Gasteiger partial charge >= 0.3 is 0 Å². The third-order valence-electron chi connectivity index (χ3n) is 2.80. The third-order valence-corrected chi connectivity index (χ3v) is 2.80. The van der Waals surface area contributed by atoms with Gasteiger partial charge in [-0.2, -0.15) is 0 Å². The molecule has 0 saturated carbocycles. The van der Waals surface area contributed by atoms with Crippen molar-refractivity contribution in [2.75, 3.05) is 13.2 Å². The second-order valence-electron chi connectivity index (χ2n) is 3.99. The fraction of sp³-hybridized carbons (Fsp3) is 0.900. The normalized spacial score (nSPS) is 39.4. The lowest BCUT2D eigenvalue weighted by Gasteiger charge is -2.39. The van der Waals surface area contributed by atoms with Gasteiger partial charge in [0.2, 0.25) is 6.41 Å². The highest BCUT2D eigenvalue weighted by Gasteiger charge is 2.40. The van der Waals surface area contributed by atoms with Gasteiger partial charge in [0.25, 0.3) is 0 Å². The van der Waals surface area contributed by atoms with Crippen LogP contribution in [0, 0.1) is 5.92 Å². The maximum atomic E-state index is 9.99. The maximum absolute atomic E-state index is 9.99. The summed E-state index contributed by atoms with van der Waals surface area (Å²) < 4.78 is 10.6. The number of hydrogen-bond acceptors (Lipinski definition) is 5. The fourth-order valence-corrected chi connectivity index (χ4v) is 1.68. The zero-order valence-electron chi connectivity index (χ0n) is 9.50. The molecule has 6 heteroatoms. The Morgan fingerprint density at radius 1 is 1.38 bits per heavy atom. The summed E-state index contributed by atoms with van der Waals surface area (Å²) >= 11 is 0. The Labute approximate surface area is 94.5 Å². The smallest absolute Gasteiger partial charge is 0.207 e. The van der Waals surface area contributed by atoms with Crippen LogP contribution in [0.1, 0.15) is 13.8 Å². The number of aliphatic hydroxyl groups excluding tert-OH is 2. The van der Waals surface area contributed by atoms with Gasteiger partial charge in [-0.05, 0) is 6.92 Å². The van der Waals surface area contributed by atoms with Gasteiger partial charge in [-0.15, -0.1) is 0 Å². The molecule has 0 aromatic carbocycles.